The van der Waals surface area contributed by atoms with Gasteiger partial charge in [0.05, 0.1) is 12.6 Å². The van der Waals surface area contributed by atoms with Crippen LogP contribution in [-0.2, 0) is 4.79 Å². The number of aliphatic imine (C=N–C) groups is 1. The number of rotatable bonds is 3. The molecule has 0 radical (unpaired) electrons. The first-order valence-corrected chi connectivity index (χ1v) is 5.82. The molecular formula is C13H17N3O. The Morgan fingerprint density at radius 1 is 1.41 bits per heavy atom. The minimum absolute atomic E-state index is 0.00630. The van der Waals surface area contributed by atoms with Crippen molar-refractivity contribution in [2.24, 2.45) is 4.99 Å². The summed E-state index contributed by atoms with van der Waals surface area (Å²) in [5, 5.41) is 5.89. The van der Waals surface area contributed by atoms with Gasteiger partial charge in [-0.05, 0) is 19.4 Å². The van der Waals surface area contributed by atoms with E-state index in [1.54, 1.807) is 0 Å². The fourth-order valence-corrected chi connectivity index (χ4v) is 1.75. The Morgan fingerprint density at radius 2 is 2.12 bits per heavy atom. The molecule has 0 aliphatic carbocycles. The Morgan fingerprint density at radius 3 is 2.71 bits per heavy atom. The first-order valence-electron chi connectivity index (χ1n) is 5.82. The predicted octanol–water partition coefficient (Wildman–Crippen LogP) is 1.17. The van der Waals surface area contributed by atoms with Gasteiger partial charge in [-0.1, -0.05) is 29.8 Å². The number of amidine groups is 1. The van der Waals surface area contributed by atoms with Gasteiger partial charge in [0.15, 0.2) is 5.84 Å². The summed E-state index contributed by atoms with van der Waals surface area (Å²) in [6, 6.07) is 8.15. The Labute approximate surface area is 101 Å². The zero-order chi connectivity index (χ0) is 12.3. The van der Waals surface area contributed by atoms with Crippen LogP contribution >= 0.6 is 0 Å². The van der Waals surface area contributed by atoms with Gasteiger partial charge in [-0.3, -0.25) is 9.79 Å². The molecule has 0 fully saturated rings. The Kier molecular flexibility index (Phi) is 3.42. The monoisotopic (exact) mass is 231 g/mol. The molecule has 0 bridgehead atoms. The van der Waals surface area contributed by atoms with Crippen molar-refractivity contribution in [1.82, 2.24) is 10.6 Å². The van der Waals surface area contributed by atoms with E-state index in [9.17, 15) is 4.79 Å². The van der Waals surface area contributed by atoms with Crippen LogP contribution in [0, 0.1) is 6.92 Å². The van der Waals surface area contributed by atoms with Gasteiger partial charge in [-0.25, -0.2) is 0 Å². The summed E-state index contributed by atoms with van der Waals surface area (Å²) in [6.07, 6.45) is 0. The van der Waals surface area contributed by atoms with Crippen LogP contribution in [0.2, 0.25) is 0 Å². The van der Waals surface area contributed by atoms with E-state index in [1.807, 2.05) is 38.1 Å². The van der Waals surface area contributed by atoms with Crippen LogP contribution in [0.3, 0.4) is 0 Å². The molecule has 1 aliphatic rings. The highest BCUT2D eigenvalue weighted by Crippen LogP contribution is 2.12. The van der Waals surface area contributed by atoms with Crippen LogP contribution in [0.1, 0.15) is 24.1 Å². The van der Waals surface area contributed by atoms with Crippen molar-refractivity contribution in [2.75, 3.05) is 13.1 Å². The number of carbonyl (C=O) groups excluding carboxylic acids is 1. The SMILES string of the molecule is Cc1ccc([C@H](C)NC(=O)C2=NCCN2)cc1. The van der Waals surface area contributed by atoms with E-state index in [0.29, 0.717) is 12.4 Å². The molecule has 1 aromatic carbocycles. The summed E-state index contributed by atoms with van der Waals surface area (Å²) >= 11 is 0. The highest BCUT2D eigenvalue weighted by Gasteiger charge is 2.17. The Bertz CT molecular complexity index is 436. The Balaban J connectivity index is 1.98. The number of aryl methyl sites for hydroxylation is 1. The van der Waals surface area contributed by atoms with Crippen LogP contribution in [-0.4, -0.2) is 24.8 Å². The molecule has 0 aromatic heterocycles. The van der Waals surface area contributed by atoms with Crippen LogP contribution in [0.5, 0.6) is 0 Å². The van der Waals surface area contributed by atoms with E-state index in [2.05, 4.69) is 15.6 Å². The molecule has 0 spiro atoms. The molecule has 17 heavy (non-hydrogen) atoms. The lowest BCUT2D eigenvalue weighted by Crippen LogP contribution is -2.38. The standard InChI is InChI=1S/C13H17N3O/c1-9-3-5-11(6-4-9)10(2)16-13(17)12-14-7-8-15-12/h3-6,10H,7-8H2,1-2H3,(H,14,15)(H,16,17)/t10-/m0/s1. The summed E-state index contributed by atoms with van der Waals surface area (Å²) in [6.45, 7) is 5.45. The average Bonchev–Trinajstić information content (AvgIpc) is 2.83. The number of carbonyl (C=O) groups is 1. The smallest absolute Gasteiger partial charge is 0.286 e. The van der Waals surface area contributed by atoms with Crippen LogP contribution < -0.4 is 10.6 Å². The number of benzene rings is 1. The van der Waals surface area contributed by atoms with E-state index in [-0.39, 0.29) is 11.9 Å². The number of nitrogens with zero attached hydrogens (tertiary/aromatic N) is 1. The third kappa shape index (κ3) is 2.84. The maximum absolute atomic E-state index is 11.8. The number of nitrogens with one attached hydrogen (secondary N) is 2. The van der Waals surface area contributed by atoms with Gasteiger partial charge in [-0.2, -0.15) is 0 Å². The molecule has 2 rings (SSSR count). The Hall–Kier alpha value is -1.84. The molecule has 0 saturated heterocycles. The topological polar surface area (TPSA) is 53.5 Å². The quantitative estimate of drug-likeness (QED) is 0.820. The second-order valence-electron chi connectivity index (χ2n) is 4.26. The third-order valence-electron chi connectivity index (χ3n) is 2.81. The zero-order valence-electron chi connectivity index (χ0n) is 10.2. The van der Waals surface area contributed by atoms with E-state index in [0.717, 1.165) is 12.1 Å². The molecule has 4 heteroatoms. The summed E-state index contributed by atoms with van der Waals surface area (Å²) in [4.78, 5) is 15.9. The third-order valence-corrected chi connectivity index (χ3v) is 2.81. The number of hydrogen-bond donors (Lipinski definition) is 2. The molecule has 2 N–H and O–H groups in total. The number of amides is 1. The molecule has 0 saturated carbocycles. The molecule has 4 nitrogen and oxygen atoms in total. The molecule has 1 atom stereocenters. The lowest BCUT2D eigenvalue weighted by molar-refractivity contribution is -0.115. The van der Waals surface area contributed by atoms with Gasteiger partial charge < -0.3 is 10.6 Å². The minimum Gasteiger partial charge on any atom is -0.364 e. The molecule has 90 valence electrons. The second kappa shape index (κ2) is 4.99. The summed E-state index contributed by atoms with van der Waals surface area (Å²) in [5.74, 6) is 0.319. The van der Waals surface area contributed by atoms with Crippen molar-refractivity contribution in [3.05, 3.63) is 35.4 Å². The van der Waals surface area contributed by atoms with Crippen LogP contribution in [0.4, 0.5) is 0 Å². The van der Waals surface area contributed by atoms with Gasteiger partial charge in [0, 0.05) is 6.54 Å². The lowest BCUT2D eigenvalue weighted by Gasteiger charge is -2.14. The number of hydrogen-bond acceptors (Lipinski definition) is 3. The molecule has 1 amide bonds. The maximum Gasteiger partial charge on any atom is 0.286 e. The summed E-state index contributed by atoms with van der Waals surface area (Å²) in [7, 11) is 0. The van der Waals surface area contributed by atoms with Gasteiger partial charge in [0.2, 0.25) is 0 Å². The minimum atomic E-state index is -0.129. The molecule has 1 heterocycles. The fraction of sp³-hybridized carbons (Fsp3) is 0.385. The van der Waals surface area contributed by atoms with E-state index in [1.165, 1.54) is 5.56 Å². The van der Waals surface area contributed by atoms with Crippen molar-refractivity contribution in [3.8, 4) is 0 Å². The van der Waals surface area contributed by atoms with Crippen LogP contribution in [0.25, 0.3) is 0 Å². The van der Waals surface area contributed by atoms with Crippen molar-refractivity contribution in [1.29, 1.82) is 0 Å². The highest BCUT2D eigenvalue weighted by molar-refractivity contribution is 6.38. The second-order valence-corrected chi connectivity index (χ2v) is 4.26. The zero-order valence-corrected chi connectivity index (χ0v) is 10.2. The molecule has 0 unspecified atom stereocenters. The summed E-state index contributed by atoms with van der Waals surface area (Å²) in [5.41, 5.74) is 2.32. The largest absolute Gasteiger partial charge is 0.364 e. The fourth-order valence-electron chi connectivity index (χ4n) is 1.75. The maximum atomic E-state index is 11.8. The predicted molar refractivity (Wildman–Crippen MR) is 68.0 cm³/mol. The molecule has 1 aliphatic heterocycles. The lowest BCUT2D eigenvalue weighted by atomic mass is 10.1. The van der Waals surface area contributed by atoms with Gasteiger partial charge >= 0.3 is 0 Å². The van der Waals surface area contributed by atoms with Gasteiger partial charge in [0.1, 0.15) is 0 Å². The average molecular weight is 231 g/mol. The molecule has 1 aromatic rings. The first-order chi connectivity index (χ1) is 8.16. The normalized spacial score (nSPS) is 16.0. The van der Waals surface area contributed by atoms with Crippen molar-refractivity contribution < 1.29 is 4.79 Å². The van der Waals surface area contributed by atoms with Crippen LogP contribution in [0.15, 0.2) is 29.3 Å². The first kappa shape index (κ1) is 11.6. The van der Waals surface area contributed by atoms with Gasteiger partial charge in [-0.15, -0.1) is 0 Å². The van der Waals surface area contributed by atoms with Crippen molar-refractivity contribution in [2.45, 2.75) is 19.9 Å². The van der Waals surface area contributed by atoms with E-state index in [4.69, 9.17) is 0 Å². The molecular weight excluding hydrogens is 214 g/mol. The van der Waals surface area contributed by atoms with Crippen molar-refractivity contribution in [3.63, 3.8) is 0 Å². The van der Waals surface area contributed by atoms with Crippen molar-refractivity contribution >= 4 is 11.7 Å². The van der Waals surface area contributed by atoms with Gasteiger partial charge in [0.25, 0.3) is 5.91 Å². The highest BCUT2D eigenvalue weighted by atomic mass is 16.2. The van der Waals surface area contributed by atoms with E-state index < -0.39 is 0 Å². The summed E-state index contributed by atoms with van der Waals surface area (Å²) < 4.78 is 0. The van der Waals surface area contributed by atoms with E-state index >= 15 is 0 Å².